The predicted molar refractivity (Wildman–Crippen MR) is 54.5 cm³/mol. The van der Waals surface area contributed by atoms with Gasteiger partial charge in [-0.3, -0.25) is 4.79 Å². The summed E-state index contributed by atoms with van der Waals surface area (Å²) in [7, 11) is 0. The van der Waals surface area contributed by atoms with E-state index in [9.17, 15) is 4.79 Å². The lowest BCUT2D eigenvalue weighted by atomic mass is 10.1. The van der Waals surface area contributed by atoms with Crippen LogP contribution in [-0.4, -0.2) is 17.6 Å². The molecule has 3 heteroatoms. The lowest BCUT2D eigenvalue weighted by molar-refractivity contribution is -0.125. The van der Waals surface area contributed by atoms with Crippen molar-refractivity contribution >= 4 is 5.91 Å². The van der Waals surface area contributed by atoms with Gasteiger partial charge in [-0.05, 0) is 5.56 Å². The van der Waals surface area contributed by atoms with Gasteiger partial charge in [0, 0.05) is 6.54 Å². The largest absolute Gasteiger partial charge is 0.396 e. The van der Waals surface area contributed by atoms with Crippen molar-refractivity contribution in [1.82, 2.24) is 5.32 Å². The van der Waals surface area contributed by atoms with Gasteiger partial charge in [0.25, 0.3) is 0 Å². The van der Waals surface area contributed by atoms with Gasteiger partial charge >= 0.3 is 0 Å². The molecule has 0 aliphatic heterocycles. The van der Waals surface area contributed by atoms with Crippen LogP contribution in [0.4, 0.5) is 0 Å². The third-order valence-corrected chi connectivity index (χ3v) is 2.03. The van der Waals surface area contributed by atoms with E-state index < -0.39 is 0 Å². The van der Waals surface area contributed by atoms with Gasteiger partial charge in [-0.2, -0.15) is 0 Å². The Balaban J connectivity index is 2.38. The molecule has 0 aliphatic rings. The van der Waals surface area contributed by atoms with E-state index in [0.29, 0.717) is 6.54 Å². The fourth-order valence-electron chi connectivity index (χ4n) is 1.04. The summed E-state index contributed by atoms with van der Waals surface area (Å²) >= 11 is 0. The minimum Gasteiger partial charge on any atom is -0.396 e. The van der Waals surface area contributed by atoms with Gasteiger partial charge in [0.1, 0.15) is 0 Å². The van der Waals surface area contributed by atoms with E-state index in [-0.39, 0.29) is 18.4 Å². The van der Waals surface area contributed by atoms with Gasteiger partial charge in [-0.25, -0.2) is 0 Å². The summed E-state index contributed by atoms with van der Waals surface area (Å²) in [5.41, 5.74) is 1.06. The fraction of sp³-hybridized carbons (Fsp3) is 0.364. The molecule has 1 aromatic carbocycles. The highest BCUT2D eigenvalue weighted by molar-refractivity contribution is 5.78. The Morgan fingerprint density at radius 3 is 2.64 bits per heavy atom. The molecule has 3 nitrogen and oxygen atoms in total. The maximum atomic E-state index is 11.3. The molecule has 1 rings (SSSR count). The zero-order valence-electron chi connectivity index (χ0n) is 8.23. The van der Waals surface area contributed by atoms with Crippen LogP contribution in [0.5, 0.6) is 0 Å². The number of hydrogen-bond acceptors (Lipinski definition) is 2. The molecule has 0 unspecified atom stereocenters. The van der Waals surface area contributed by atoms with Crippen LogP contribution in [0.2, 0.25) is 0 Å². The molecule has 14 heavy (non-hydrogen) atoms. The number of hydrogen-bond donors (Lipinski definition) is 2. The molecule has 76 valence electrons. The lowest BCUT2D eigenvalue weighted by Crippen LogP contribution is -2.30. The van der Waals surface area contributed by atoms with Gasteiger partial charge in [0.15, 0.2) is 0 Å². The molecule has 0 fully saturated rings. The average Bonchev–Trinajstić information content (AvgIpc) is 2.26. The van der Waals surface area contributed by atoms with Crippen LogP contribution in [0.1, 0.15) is 12.5 Å². The van der Waals surface area contributed by atoms with Crippen molar-refractivity contribution in [2.45, 2.75) is 13.5 Å². The van der Waals surface area contributed by atoms with Crippen LogP contribution in [0.15, 0.2) is 30.3 Å². The first-order valence-electron chi connectivity index (χ1n) is 4.66. The van der Waals surface area contributed by atoms with Crippen molar-refractivity contribution in [2.75, 3.05) is 6.61 Å². The SMILES string of the molecule is C[C@@H](CO)C(=O)NCc1ccccc1. The van der Waals surface area contributed by atoms with Gasteiger partial charge in [0.05, 0.1) is 12.5 Å². The Morgan fingerprint density at radius 1 is 1.43 bits per heavy atom. The summed E-state index contributed by atoms with van der Waals surface area (Å²) in [6.07, 6.45) is 0. The summed E-state index contributed by atoms with van der Waals surface area (Å²) in [4.78, 5) is 11.3. The zero-order chi connectivity index (χ0) is 10.4. The van der Waals surface area contributed by atoms with Gasteiger partial charge in [-0.1, -0.05) is 37.3 Å². The van der Waals surface area contributed by atoms with Crippen LogP contribution in [-0.2, 0) is 11.3 Å². The molecule has 0 radical (unpaired) electrons. The first kappa shape index (κ1) is 10.7. The number of nitrogens with one attached hydrogen (secondary N) is 1. The minimum absolute atomic E-state index is 0.110. The van der Waals surface area contributed by atoms with Crippen LogP contribution in [0.25, 0.3) is 0 Å². The van der Waals surface area contributed by atoms with Crippen molar-refractivity contribution in [1.29, 1.82) is 0 Å². The predicted octanol–water partition coefficient (Wildman–Crippen LogP) is 0.931. The minimum atomic E-state index is -0.335. The van der Waals surface area contributed by atoms with Crippen LogP contribution < -0.4 is 5.32 Å². The summed E-state index contributed by atoms with van der Waals surface area (Å²) in [5.74, 6) is -0.449. The monoisotopic (exact) mass is 193 g/mol. The Labute approximate surface area is 83.8 Å². The Kier molecular flexibility index (Phi) is 4.13. The first-order chi connectivity index (χ1) is 6.74. The van der Waals surface area contributed by atoms with Crippen molar-refractivity contribution in [3.8, 4) is 0 Å². The number of aliphatic hydroxyl groups excluding tert-OH is 1. The number of amides is 1. The molecule has 0 spiro atoms. The van der Waals surface area contributed by atoms with E-state index in [4.69, 9.17) is 5.11 Å². The number of carbonyl (C=O) groups excluding carboxylic acids is 1. The second kappa shape index (κ2) is 5.40. The lowest BCUT2D eigenvalue weighted by Gasteiger charge is -2.09. The molecule has 1 amide bonds. The van der Waals surface area contributed by atoms with Crippen LogP contribution in [0, 0.1) is 5.92 Å². The topological polar surface area (TPSA) is 49.3 Å². The fourth-order valence-corrected chi connectivity index (χ4v) is 1.04. The molecular weight excluding hydrogens is 178 g/mol. The maximum Gasteiger partial charge on any atom is 0.225 e. The van der Waals surface area contributed by atoms with E-state index in [0.717, 1.165) is 5.56 Å². The van der Waals surface area contributed by atoms with E-state index in [1.54, 1.807) is 6.92 Å². The van der Waals surface area contributed by atoms with E-state index in [1.165, 1.54) is 0 Å². The summed E-state index contributed by atoms with van der Waals surface area (Å²) in [6, 6.07) is 9.68. The maximum absolute atomic E-state index is 11.3. The van der Waals surface area contributed by atoms with E-state index in [2.05, 4.69) is 5.32 Å². The second-order valence-corrected chi connectivity index (χ2v) is 3.29. The molecule has 2 N–H and O–H groups in total. The molecule has 0 bridgehead atoms. The van der Waals surface area contributed by atoms with Crippen molar-refractivity contribution in [3.63, 3.8) is 0 Å². The Morgan fingerprint density at radius 2 is 2.07 bits per heavy atom. The first-order valence-corrected chi connectivity index (χ1v) is 4.66. The summed E-state index contributed by atoms with van der Waals surface area (Å²) in [5, 5.41) is 11.5. The quantitative estimate of drug-likeness (QED) is 0.747. The van der Waals surface area contributed by atoms with Gasteiger partial charge in [-0.15, -0.1) is 0 Å². The molecule has 0 saturated carbocycles. The third-order valence-electron chi connectivity index (χ3n) is 2.03. The zero-order valence-corrected chi connectivity index (χ0v) is 8.23. The second-order valence-electron chi connectivity index (χ2n) is 3.29. The highest BCUT2D eigenvalue weighted by Crippen LogP contribution is 1.99. The standard InChI is InChI=1S/C11H15NO2/c1-9(8-13)11(14)12-7-10-5-3-2-4-6-10/h2-6,9,13H,7-8H2,1H3,(H,12,14)/t9-/m0/s1. The van der Waals surface area contributed by atoms with E-state index >= 15 is 0 Å². The van der Waals surface area contributed by atoms with Crippen LogP contribution in [0.3, 0.4) is 0 Å². The molecule has 0 aliphatic carbocycles. The Bertz CT molecular complexity index is 285. The van der Waals surface area contributed by atoms with E-state index in [1.807, 2.05) is 30.3 Å². The average molecular weight is 193 g/mol. The smallest absolute Gasteiger partial charge is 0.225 e. The van der Waals surface area contributed by atoms with Crippen molar-refractivity contribution < 1.29 is 9.90 Å². The molecule has 0 heterocycles. The third kappa shape index (κ3) is 3.18. The molecule has 1 aromatic rings. The molecule has 0 saturated heterocycles. The summed E-state index contributed by atoms with van der Waals surface area (Å²) < 4.78 is 0. The van der Waals surface area contributed by atoms with Crippen molar-refractivity contribution in [2.24, 2.45) is 5.92 Å². The Hall–Kier alpha value is -1.35. The van der Waals surface area contributed by atoms with Gasteiger partial charge in [0.2, 0.25) is 5.91 Å². The molecular formula is C11H15NO2. The molecule has 0 aromatic heterocycles. The number of carbonyl (C=O) groups is 1. The molecule has 1 atom stereocenters. The van der Waals surface area contributed by atoms with Crippen molar-refractivity contribution in [3.05, 3.63) is 35.9 Å². The number of rotatable bonds is 4. The number of benzene rings is 1. The number of aliphatic hydroxyl groups is 1. The highest BCUT2D eigenvalue weighted by atomic mass is 16.3. The van der Waals surface area contributed by atoms with Crippen LogP contribution >= 0.6 is 0 Å². The highest BCUT2D eigenvalue weighted by Gasteiger charge is 2.09. The van der Waals surface area contributed by atoms with Gasteiger partial charge < -0.3 is 10.4 Å². The summed E-state index contributed by atoms with van der Waals surface area (Å²) in [6.45, 7) is 2.10. The normalized spacial score (nSPS) is 12.1.